The second-order valence-electron chi connectivity index (χ2n) is 19.7. The molecule has 0 saturated heterocycles. The minimum Gasteiger partial charge on any atom is -0.310 e. The van der Waals surface area contributed by atoms with E-state index in [1.54, 1.807) is 5.56 Å². The average Bonchev–Trinajstić information content (AvgIpc) is 4.00. The van der Waals surface area contributed by atoms with Crippen LogP contribution in [0, 0.1) is 11.8 Å². The van der Waals surface area contributed by atoms with E-state index in [2.05, 4.69) is 152 Å². The van der Waals surface area contributed by atoms with Crippen LogP contribution in [0.3, 0.4) is 0 Å². The van der Waals surface area contributed by atoms with Crippen LogP contribution in [0.25, 0.3) is 33.4 Å². The lowest BCUT2D eigenvalue weighted by molar-refractivity contribution is 0.420. The fraction of sp³-hybridized carbons (Fsp3) is 0.379. The zero-order valence-corrected chi connectivity index (χ0v) is 35.4. The Morgan fingerprint density at radius 1 is 0.492 bits per heavy atom. The molecular formula is C58H61N. The van der Waals surface area contributed by atoms with Crippen molar-refractivity contribution < 1.29 is 0 Å². The maximum atomic E-state index is 2.61. The van der Waals surface area contributed by atoms with Crippen molar-refractivity contribution in [2.45, 2.75) is 127 Å². The molecule has 0 amide bonds. The highest BCUT2D eigenvalue weighted by Crippen LogP contribution is 2.57. The van der Waals surface area contributed by atoms with Gasteiger partial charge in [0.05, 0.1) is 5.69 Å². The van der Waals surface area contributed by atoms with Gasteiger partial charge in [-0.2, -0.15) is 0 Å². The molecule has 1 nitrogen and oxygen atoms in total. The van der Waals surface area contributed by atoms with E-state index in [0.717, 1.165) is 11.8 Å². The number of anilines is 3. The van der Waals surface area contributed by atoms with Gasteiger partial charge in [-0.25, -0.2) is 0 Å². The second-order valence-corrected chi connectivity index (χ2v) is 19.7. The lowest BCUT2D eigenvalue weighted by Crippen LogP contribution is -2.19. The average molecular weight is 772 g/mol. The number of rotatable bonds is 8. The van der Waals surface area contributed by atoms with Gasteiger partial charge in [-0.3, -0.25) is 0 Å². The summed E-state index contributed by atoms with van der Waals surface area (Å²) < 4.78 is 0. The first kappa shape index (κ1) is 37.1. The molecule has 0 N–H and O–H groups in total. The molecule has 0 aromatic heterocycles. The molecule has 6 aromatic carbocycles. The summed E-state index contributed by atoms with van der Waals surface area (Å²) in [6.45, 7) is 4.91. The monoisotopic (exact) mass is 771 g/mol. The molecule has 0 radical (unpaired) electrons. The van der Waals surface area contributed by atoms with Crippen molar-refractivity contribution in [2.75, 3.05) is 4.90 Å². The molecule has 1 heteroatoms. The fourth-order valence-corrected chi connectivity index (χ4v) is 13.0. The van der Waals surface area contributed by atoms with Crippen LogP contribution in [0.2, 0.25) is 0 Å². The van der Waals surface area contributed by atoms with Gasteiger partial charge in [0.1, 0.15) is 0 Å². The zero-order chi connectivity index (χ0) is 39.5. The Kier molecular flexibility index (Phi) is 9.63. The first-order chi connectivity index (χ1) is 29.0. The van der Waals surface area contributed by atoms with Gasteiger partial charge >= 0.3 is 0 Å². The van der Waals surface area contributed by atoms with Gasteiger partial charge in [-0.05, 0) is 161 Å². The Labute approximate surface area is 353 Å². The van der Waals surface area contributed by atoms with Crippen molar-refractivity contribution in [2.24, 2.45) is 11.8 Å². The minimum atomic E-state index is -0.155. The third-order valence-electron chi connectivity index (χ3n) is 16.0. The van der Waals surface area contributed by atoms with Crippen LogP contribution < -0.4 is 4.90 Å². The number of hydrogen-bond acceptors (Lipinski definition) is 1. The summed E-state index contributed by atoms with van der Waals surface area (Å²) in [6.07, 6.45) is 19.0. The Morgan fingerprint density at radius 3 is 1.92 bits per heavy atom. The standard InChI is InChI=1S/C58H61N/c1-58(2)54-23-12-11-22-51(54)52-34-35-55(56(57(52)58)44-28-26-41(27-29-44)40-14-5-3-6-15-40)59(47-32-30-43(31-33-47)53-37-39-24-25-46(53)36-39)48-19-13-18-45(38-48)50-21-10-9-20-49(50)42-16-7-4-8-17-42/h9-13,18-23,26-35,38-40,42,46,53H,3-8,14-17,24-25,36-37H2,1-2H3. The highest BCUT2D eigenvalue weighted by Gasteiger charge is 2.41. The van der Waals surface area contributed by atoms with Gasteiger partial charge in [0.25, 0.3) is 0 Å². The SMILES string of the molecule is CC1(C)c2ccccc2-c2ccc(N(c3ccc(C4CC5CCC4C5)cc3)c3cccc(-c4ccccc4C4CCCCC4)c3)c(-c3ccc(C4CCCCC4)cc3)c21. The van der Waals surface area contributed by atoms with Gasteiger partial charge in [0, 0.05) is 22.4 Å². The number of benzene rings is 6. The van der Waals surface area contributed by atoms with Crippen molar-refractivity contribution in [3.63, 3.8) is 0 Å². The van der Waals surface area contributed by atoms with Crippen LogP contribution in [0.1, 0.15) is 149 Å². The molecule has 3 unspecified atom stereocenters. The van der Waals surface area contributed by atoms with Crippen molar-refractivity contribution >= 4 is 17.1 Å². The van der Waals surface area contributed by atoms with Crippen LogP contribution in [0.5, 0.6) is 0 Å². The van der Waals surface area contributed by atoms with Crippen LogP contribution >= 0.6 is 0 Å². The first-order valence-electron chi connectivity index (χ1n) is 23.5. The number of fused-ring (bicyclic) bond motifs is 5. The lowest BCUT2D eigenvalue weighted by atomic mass is 9.77. The Balaban J connectivity index is 1.10. The molecule has 4 fully saturated rings. The van der Waals surface area contributed by atoms with Crippen LogP contribution in [0.15, 0.2) is 133 Å². The highest BCUT2D eigenvalue weighted by molar-refractivity contribution is 5.98. The molecular weight excluding hydrogens is 711 g/mol. The molecule has 4 saturated carbocycles. The van der Waals surface area contributed by atoms with Gasteiger partial charge in [0.2, 0.25) is 0 Å². The maximum absolute atomic E-state index is 2.61. The van der Waals surface area contributed by atoms with Gasteiger partial charge in [-0.15, -0.1) is 0 Å². The van der Waals surface area contributed by atoms with E-state index in [4.69, 9.17) is 0 Å². The molecule has 0 aliphatic heterocycles. The predicted octanol–water partition coefficient (Wildman–Crippen LogP) is 16.8. The maximum Gasteiger partial charge on any atom is 0.0543 e. The van der Waals surface area contributed by atoms with E-state index in [1.165, 1.54) is 163 Å². The first-order valence-corrected chi connectivity index (χ1v) is 23.5. The molecule has 3 atom stereocenters. The molecule has 2 bridgehead atoms. The zero-order valence-electron chi connectivity index (χ0n) is 35.4. The molecule has 5 aliphatic rings. The van der Waals surface area contributed by atoms with E-state index < -0.39 is 0 Å². The summed E-state index contributed by atoms with van der Waals surface area (Å²) in [7, 11) is 0. The molecule has 6 aromatic rings. The van der Waals surface area contributed by atoms with E-state index in [-0.39, 0.29) is 5.41 Å². The summed E-state index contributed by atoms with van der Waals surface area (Å²) in [5.41, 5.74) is 19.2. The number of hydrogen-bond donors (Lipinski definition) is 0. The van der Waals surface area contributed by atoms with Crippen molar-refractivity contribution in [3.8, 4) is 33.4 Å². The van der Waals surface area contributed by atoms with E-state index >= 15 is 0 Å². The van der Waals surface area contributed by atoms with Gasteiger partial charge in [0.15, 0.2) is 0 Å². The van der Waals surface area contributed by atoms with Crippen LogP contribution in [0.4, 0.5) is 17.1 Å². The summed E-state index contributed by atoms with van der Waals surface area (Å²) >= 11 is 0. The normalized spacial score (nSPS) is 22.3. The third-order valence-corrected chi connectivity index (χ3v) is 16.0. The van der Waals surface area contributed by atoms with Crippen molar-refractivity contribution in [1.82, 2.24) is 0 Å². The van der Waals surface area contributed by atoms with E-state index in [1.807, 2.05) is 0 Å². The van der Waals surface area contributed by atoms with Crippen LogP contribution in [-0.2, 0) is 5.41 Å². The van der Waals surface area contributed by atoms with Crippen molar-refractivity contribution in [3.05, 3.63) is 161 Å². The van der Waals surface area contributed by atoms with Crippen LogP contribution in [-0.4, -0.2) is 0 Å². The summed E-state index contributed by atoms with van der Waals surface area (Å²) in [4.78, 5) is 2.61. The summed E-state index contributed by atoms with van der Waals surface area (Å²) in [5, 5.41) is 0. The molecule has 5 aliphatic carbocycles. The van der Waals surface area contributed by atoms with E-state index in [0.29, 0.717) is 17.8 Å². The third kappa shape index (κ3) is 6.59. The summed E-state index contributed by atoms with van der Waals surface area (Å²) in [5.74, 6) is 3.84. The Hall–Kier alpha value is -4.88. The van der Waals surface area contributed by atoms with Crippen molar-refractivity contribution in [1.29, 1.82) is 0 Å². The quantitative estimate of drug-likeness (QED) is 0.149. The molecule has 59 heavy (non-hydrogen) atoms. The number of nitrogens with zero attached hydrogens (tertiary/aromatic N) is 1. The Morgan fingerprint density at radius 2 is 1.19 bits per heavy atom. The molecule has 0 spiro atoms. The lowest BCUT2D eigenvalue weighted by Gasteiger charge is -2.33. The molecule has 11 rings (SSSR count). The topological polar surface area (TPSA) is 3.24 Å². The molecule has 298 valence electrons. The second kappa shape index (κ2) is 15.3. The Bertz CT molecular complexity index is 2460. The highest BCUT2D eigenvalue weighted by atomic mass is 15.1. The van der Waals surface area contributed by atoms with E-state index in [9.17, 15) is 0 Å². The van der Waals surface area contributed by atoms with Gasteiger partial charge < -0.3 is 4.90 Å². The minimum absolute atomic E-state index is 0.155. The molecule has 0 heterocycles. The fourth-order valence-electron chi connectivity index (χ4n) is 13.0. The van der Waals surface area contributed by atoms with Gasteiger partial charge in [-0.1, -0.05) is 162 Å². The summed E-state index contributed by atoms with van der Waals surface area (Å²) in [6, 6.07) is 52.6. The smallest absolute Gasteiger partial charge is 0.0543 e. The largest absolute Gasteiger partial charge is 0.310 e. The predicted molar refractivity (Wildman–Crippen MR) is 249 cm³/mol.